The fraction of sp³-hybridized carbons (Fsp3) is 0.600. The lowest BCUT2D eigenvalue weighted by Crippen LogP contribution is -2.15. The van der Waals surface area contributed by atoms with Crippen LogP contribution in [0, 0.1) is 0 Å². The van der Waals surface area contributed by atoms with Crippen molar-refractivity contribution in [2.24, 2.45) is 0 Å². The van der Waals surface area contributed by atoms with Gasteiger partial charge in [-0.1, -0.05) is 25.5 Å². The number of rotatable bonds is 8. The van der Waals surface area contributed by atoms with E-state index in [2.05, 4.69) is 44.3 Å². The minimum atomic E-state index is 1.11. The van der Waals surface area contributed by atoms with E-state index in [0.717, 1.165) is 32.4 Å². The van der Waals surface area contributed by atoms with E-state index in [1.165, 1.54) is 21.7 Å². The van der Waals surface area contributed by atoms with Crippen molar-refractivity contribution in [2.75, 3.05) is 13.1 Å². The lowest BCUT2D eigenvalue weighted by Gasteiger charge is -2.01. The quantitative estimate of drug-likeness (QED) is 0.539. The first-order valence-electron chi connectivity index (χ1n) is 6.70. The van der Waals surface area contributed by atoms with E-state index < -0.39 is 0 Å². The summed E-state index contributed by atoms with van der Waals surface area (Å²) < 4.78 is 0. The van der Waals surface area contributed by atoms with Gasteiger partial charge < -0.3 is 5.32 Å². The fourth-order valence-electron chi connectivity index (χ4n) is 1.78. The van der Waals surface area contributed by atoms with Crippen LogP contribution in [-0.4, -0.2) is 13.1 Å². The molecule has 0 amide bonds. The summed E-state index contributed by atoms with van der Waals surface area (Å²) in [5, 5.41) is 3.43. The van der Waals surface area contributed by atoms with Gasteiger partial charge >= 0.3 is 0 Å². The molecule has 0 fully saturated rings. The third kappa shape index (κ3) is 6.04. The van der Waals surface area contributed by atoms with Gasteiger partial charge in [0.05, 0.1) is 0 Å². The van der Waals surface area contributed by atoms with Crippen LogP contribution in [0.1, 0.15) is 43.4 Å². The van der Waals surface area contributed by atoms with Crippen LogP contribution in [-0.2, 0) is 12.8 Å². The monoisotopic (exact) mass is 251 g/mol. The zero-order chi connectivity index (χ0) is 12.5. The van der Waals surface area contributed by atoms with Crippen molar-refractivity contribution < 1.29 is 0 Å². The first-order valence-corrected chi connectivity index (χ1v) is 7.51. The smallest absolute Gasteiger partial charge is 0.00885 e. The van der Waals surface area contributed by atoms with Crippen molar-refractivity contribution in [1.29, 1.82) is 0 Å². The summed E-state index contributed by atoms with van der Waals surface area (Å²) in [7, 11) is 0. The second-order valence-corrected chi connectivity index (χ2v) is 5.74. The molecule has 0 aliphatic rings. The van der Waals surface area contributed by atoms with Crippen LogP contribution in [0.2, 0.25) is 0 Å². The molecule has 0 bridgehead atoms. The Bertz CT molecular complexity index is 338. The molecule has 2 heteroatoms. The Balaban J connectivity index is 2.27. The molecule has 0 aliphatic heterocycles. The zero-order valence-corrected chi connectivity index (χ0v) is 12.2. The minimum Gasteiger partial charge on any atom is -0.316 e. The van der Waals surface area contributed by atoms with Crippen LogP contribution in [0.15, 0.2) is 23.8 Å². The predicted molar refractivity (Wildman–Crippen MR) is 78.9 cm³/mol. The molecule has 1 N–H and O–H groups in total. The number of allylic oxidation sites excluding steroid dienone is 1. The van der Waals surface area contributed by atoms with Gasteiger partial charge in [-0.15, -0.1) is 11.3 Å². The lowest BCUT2D eigenvalue weighted by molar-refractivity contribution is 0.677. The van der Waals surface area contributed by atoms with Crippen molar-refractivity contribution in [3.05, 3.63) is 33.5 Å². The van der Waals surface area contributed by atoms with Gasteiger partial charge in [0, 0.05) is 16.2 Å². The maximum absolute atomic E-state index is 3.43. The Morgan fingerprint density at radius 2 is 2.00 bits per heavy atom. The molecule has 96 valence electrons. The summed E-state index contributed by atoms with van der Waals surface area (Å²) in [5.41, 5.74) is 1.49. The summed E-state index contributed by atoms with van der Waals surface area (Å²) >= 11 is 1.95. The van der Waals surface area contributed by atoms with E-state index in [1.54, 1.807) is 0 Å². The van der Waals surface area contributed by atoms with E-state index in [-0.39, 0.29) is 0 Å². The second-order valence-electron chi connectivity index (χ2n) is 4.49. The second kappa shape index (κ2) is 8.48. The molecule has 0 saturated heterocycles. The molecule has 1 nitrogen and oxygen atoms in total. The highest BCUT2D eigenvalue weighted by atomic mass is 32.1. The van der Waals surface area contributed by atoms with Gasteiger partial charge in [0.2, 0.25) is 0 Å². The van der Waals surface area contributed by atoms with Crippen LogP contribution in [0.25, 0.3) is 0 Å². The van der Waals surface area contributed by atoms with Gasteiger partial charge in [-0.3, -0.25) is 0 Å². The molecule has 0 atom stereocenters. The largest absolute Gasteiger partial charge is 0.316 e. The molecule has 1 rings (SSSR count). The zero-order valence-electron chi connectivity index (χ0n) is 11.4. The van der Waals surface area contributed by atoms with Crippen LogP contribution in [0.3, 0.4) is 0 Å². The molecule has 0 spiro atoms. The molecule has 0 unspecified atom stereocenters. The molecule has 1 aromatic rings. The topological polar surface area (TPSA) is 12.0 Å². The van der Waals surface area contributed by atoms with E-state index in [1.807, 2.05) is 11.3 Å². The van der Waals surface area contributed by atoms with Gasteiger partial charge in [0.15, 0.2) is 0 Å². The van der Waals surface area contributed by atoms with Gasteiger partial charge in [-0.25, -0.2) is 0 Å². The van der Waals surface area contributed by atoms with Gasteiger partial charge in [-0.2, -0.15) is 0 Å². The summed E-state index contributed by atoms with van der Waals surface area (Å²) in [6, 6.07) is 4.53. The number of nitrogens with one attached hydrogen (secondary N) is 1. The molecule has 17 heavy (non-hydrogen) atoms. The Morgan fingerprint density at radius 1 is 1.24 bits per heavy atom. The first-order chi connectivity index (χ1) is 8.26. The summed E-state index contributed by atoms with van der Waals surface area (Å²) in [6.07, 6.45) is 7.02. The normalized spacial score (nSPS) is 12.1. The average Bonchev–Trinajstić information content (AvgIpc) is 2.76. The van der Waals surface area contributed by atoms with E-state index in [4.69, 9.17) is 0 Å². The third-order valence-electron chi connectivity index (χ3n) is 2.76. The van der Waals surface area contributed by atoms with E-state index in [0.29, 0.717) is 0 Å². The Kier molecular flexibility index (Phi) is 7.22. The van der Waals surface area contributed by atoms with Crippen molar-refractivity contribution in [3.8, 4) is 0 Å². The van der Waals surface area contributed by atoms with Gasteiger partial charge in [0.1, 0.15) is 0 Å². The third-order valence-corrected chi connectivity index (χ3v) is 3.99. The first kappa shape index (κ1) is 14.5. The Morgan fingerprint density at radius 3 is 2.65 bits per heavy atom. The molecule has 1 heterocycles. The minimum absolute atomic E-state index is 1.11. The van der Waals surface area contributed by atoms with Crippen molar-refractivity contribution in [3.63, 3.8) is 0 Å². The number of thiophene rings is 1. The maximum atomic E-state index is 3.43. The van der Waals surface area contributed by atoms with Gasteiger partial charge in [-0.05, 0) is 51.4 Å². The average molecular weight is 251 g/mol. The van der Waals surface area contributed by atoms with Crippen LogP contribution >= 0.6 is 11.3 Å². The molecular formula is C15H25NS. The highest BCUT2D eigenvalue weighted by Crippen LogP contribution is 2.19. The number of hydrogen-bond donors (Lipinski definition) is 1. The van der Waals surface area contributed by atoms with E-state index >= 15 is 0 Å². The predicted octanol–water partition coefficient (Wildman–Crippen LogP) is 4.19. The molecule has 1 aromatic heterocycles. The Labute approximate surface area is 110 Å². The van der Waals surface area contributed by atoms with Crippen molar-refractivity contribution in [2.45, 2.75) is 46.5 Å². The van der Waals surface area contributed by atoms with Crippen LogP contribution in [0.5, 0.6) is 0 Å². The molecule has 0 aliphatic carbocycles. The van der Waals surface area contributed by atoms with E-state index in [9.17, 15) is 0 Å². The fourth-order valence-corrected chi connectivity index (χ4v) is 2.83. The number of hydrogen-bond acceptors (Lipinski definition) is 2. The summed E-state index contributed by atoms with van der Waals surface area (Å²) in [4.78, 5) is 2.99. The summed E-state index contributed by atoms with van der Waals surface area (Å²) in [5.74, 6) is 0. The molecule has 0 saturated carbocycles. The SMILES string of the molecule is CCCNCCC=C(C)Cc1ccc(CC)s1. The molecule has 0 aromatic carbocycles. The van der Waals surface area contributed by atoms with Crippen molar-refractivity contribution >= 4 is 11.3 Å². The van der Waals surface area contributed by atoms with Crippen molar-refractivity contribution in [1.82, 2.24) is 5.32 Å². The van der Waals surface area contributed by atoms with Crippen LogP contribution in [0.4, 0.5) is 0 Å². The maximum Gasteiger partial charge on any atom is 0.00885 e. The standard InChI is InChI=1S/C15H25NS/c1-4-10-16-11-6-7-13(3)12-15-9-8-14(5-2)17-15/h7-9,16H,4-6,10-12H2,1-3H3. The molecule has 0 radical (unpaired) electrons. The van der Waals surface area contributed by atoms with Gasteiger partial charge in [0.25, 0.3) is 0 Å². The lowest BCUT2D eigenvalue weighted by atomic mass is 10.1. The highest BCUT2D eigenvalue weighted by Gasteiger charge is 1.99. The summed E-state index contributed by atoms with van der Waals surface area (Å²) in [6.45, 7) is 8.91. The van der Waals surface area contributed by atoms with Crippen LogP contribution < -0.4 is 5.32 Å². The highest BCUT2D eigenvalue weighted by molar-refractivity contribution is 7.12. The Hall–Kier alpha value is -0.600. The number of aryl methyl sites for hydroxylation is 1. The molecular weight excluding hydrogens is 226 g/mol.